The molecule has 4 aromatic heterocycles. The molecule has 0 bridgehead atoms. The first-order valence-corrected chi connectivity index (χ1v) is 9.85. The first-order chi connectivity index (χ1) is 15.2. The van der Waals surface area contributed by atoms with Gasteiger partial charge in [0.1, 0.15) is 17.4 Å². The second-order valence-electron chi connectivity index (χ2n) is 8.10. The molecule has 0 aliphatic carbocycles. The number of amides is 1. The zero-order valence-electron chi connectivity index (χ0n) is 18.2. The molecule has 0 spiro atoms. The van der Waals surface area contributed by atoms with Crippen molar-refractivity contribution in [3.05, 3.63) is 48.3 Å². The minimum Gasteiger partial charge on any atom is -0.480 e. The molecule has 11 nitrogen and oxygen atoms in total. The maximum Gasteiger partial charge on any atom is 0.262 e. The molecule has 0 fully saturated rings. The number of carbonyl (C=O) groups is 1. The molecular weight excluding hydrogens is 412 g/mol. The van der Waals surface area contributed by atoms with E-state index in [-0.39, 0.29) is 11.4 Å². The predicted molar refractivity (Wildman–Crippen MR) is 118 cm³/mol. The number of aliphatic hydroxyl groups is 1. The maximum atomic E-state index is 13.0. The molecule has 0 aliphatic heterocycles. The van der Waals surface area contributed by atoms with Crippen molar-refractivity contribution < 1.29 is 14.6 Å². The summed E-state index contributed by atoms with van der Waals surface area (Å²) in [5, 5.41) is 17.0. The van der Waals surface area contributed by atoms with Crippen molar-refractivity contribution in [1.29, 1.82) is 0 Å². The van der Waals surface area contributed by atoms with Gasteiger partial charge in [-0.2, -0.15) is 5.10 Å². The zero-order chi connectivity index (χ0) is 23.0. The lowest BCUT2D eigenvalue weighted by Gasteiger charge is -2.16. The smallest absolute Gasteiger partial charge is 0.262 e. The molecule has 4 aromatic rings. The van der Waals surface area contributed by atoms with Gasteiger partial charge >= 0.3 is 0 Å². The summed E-state index contributed by atoms with van der Waals surface area (Å²) in [7, 11) is 1.45. The number of carbonyl (C=O) groups excluding carboxylic acids is 1. The third-order valence-corrected chi connectivity index (χ3v) is 4.80. The molecule has 0 unspecified atom stereocenters. The Morgan fingerprint density at radius 1 is 1.28 bits per heavy atom. The van der Waals surface area contributed by atoms with Crippen molar-refractivity contribution in [2.75, 3.05) is 18.2 Å². The van der Waals surface area contributed by atoms with E-state index in [1.807, 2.05) is 13.0 Å². The van der Waals surface area contributed by atoms with Crippen LogP contribution >= 0.6 is 0 Å². The van der Waals surface area contributed by atoms with Crippen LogP contribution in [-0.2, 0) is 6.54 Å². The van der Waals surface area contributed by atoms with Crippen LogP contribution < -0.4 is 15.8 Å². The number of nitrogen functional groups attached to an aromatic ring is 1. The van der Waals surface area contributed by atoms with Crippen molar-refractivity contribution >= 4 is 23.1 Å². The fourth-order valence-electron chi connectivity index (χ4n) is 3.52. The van der Waals surface area contributed by atoms with Crippen LogP contribution in [0.4, 0.5) is 11.6 Å². The normalized spacial score (nSPS) is 11.7. The number of nitrogens with two attached hydrogens (primary N) is 1. The summed E-state index contributed by atoms with van der Waals surface area (Å²) in [6.45, 7) is 5.63. The van der Waals surface area contributed by atoms with E-state index in [4.69, 9.17) is 10.5 Å². The summed E-state index contributed by atoms with van der Waals surface area (Å²) in [4.78, 5) is 25.5. The van der Waals surface area contributed by atoms with Gasteiger partial charge in [0.15, 0.2) is 11.6 Å². The number of hydrogen-bond acceptors (Lipinski definition) is 8. The molecule has 0 atom stereocenters. The quantitative estimate of drug-likeness (QED) is 0.415. The summed E-state index contributed by atoms with van der Waals surface area (Å²) in [5.74, 6) is 0.450. The van der Waals surface area contributed by atoms with E-state index >= 15 is 0 Å². The van der Waals surface area contributed by atoms with E-state index in [1.54, 1.807) is 47.7 Å². The van der Waals surface area contributed by atoms with Gasteiger partial charge in [0.2, 0.25) is 5.88 Å². The molecule has 0 radical (unpaired) electrons. The van der Waals surface area contributed by atoms with Gasteiger partial charge in [-0.3, -0.25) is 4.79 Å². The van der Waals surface area contributed by atoms with E-state index in [0.717, 1.165) is 5.56 Å². The lowest BCUT2D eigenvalue weighted by molar-refractivity contribution is 0.0615. The van der Waals surface area contributed by atoms with E-state index in [9.17, 15) is 9.90 Å². The summed E-state index contributed by atoms with van der Waals surface area (Å²) >= 11 is 0. The fourth-order valence-corrected chi connectivity index (χ4v) is 3.52. The number of pyridine rings is 1. The van der Waals surface area contributed by atoms with Crippen LogP contribution in [0.3, 0.4) is 0 Å². The first kappa shape index (κ1) is 21.2. The van der Waals surface area contributed by atoms with E-state index < -0.39 is 11.5 Å². The number of anilines is 2. The van der Waals surface area contributed by atoms with Gasteiger partial charge in [-0.05, 0) is 38.5 Å². The number of methoxy groups -OCH3 is 1. The van der Waals surface area contributed by atoms with Gasteiger partial charge in [-0.1, -0.05) is 0 Å². The molecule has 166 valence electrons. The Morgan fingerprint density at radius 2 is 2.06 bits per heavy atom. The number of ether oxygens (including phenoxy) is 1. The summed E-state index contributed by atoms with van der Waals surface area (Å²) in [6.07, 6.45) is 6.16. The van der Waals surface area contributed by atoms with Crippen molar-refractivity contribution in [3.63, 3.8) is 0 Å². The summed E-state index contributed by atoms with van der Waals surface area (Å²) in [5.41, 5.74) is 8.29. The second kappa shape index (κ2) is 7.93. The van der Waals surface area contributed by atoms with Gasteiger partial charge in [0.05, 0.1) is 31.3 Å². The molecule has 32 heavy (non-hydrogen) atoms. The second-order valence-corrected chi connectivity index (χ2v) is 8.10. The number of aromatic nitrogens is 6. The van der Waals surface area contributed by atoms with Crippen LogP contribution in [-0.4, -0.2) is 52.9 Å². The highest BCUT2D eigenvalue weighted by molar-refractivity contribution is 6.06. The largest absolute Gasteiger partial charge is 0.480 e. The number of aryl methyl sites for hydroxylation is 1. The fraction of sp³-hybridized carbons (Fsp3) is 0.286. The average molecular weight is 436 g/mol. The average Bonchev–Trinajstić information content (AvgIpc) is 3.30. The van der Waals surface area contributed by atoms with Gasteiger partial charge in [0.25, 0.3) is 5.91 Å². The third-order valence-electron chi connectivity index (χ3n) is 4.80. The molecule has 4 N–H and O–H groups in total. The molecule has 4 rings (SSSR count). The Morgan fingerprint density at radius 3 is 2.78 bits per heavy atom. The van der Waals surface area contributed by atoms with E-state index in [1.165, 1.54) is 13.4 Å². The Hall–Kier alpha value is -3.99. The number of fused-ring (bicyclic) bond motifs is 1. The van der Waals surface area contributed by atoms with Crippen molar-refractivity contribution in [1.82, 2.24) is 29.1 Å². The van der Waals surface area contributed by atoms with Crippen LogP contribution in [0.5, 0.6) is 5.88 Å². The lowest BCUT2D eigenvalue weighted by atomic mass is 10.1. The SMILES string of the molecule is COc1ncc(-c2cc(C)c3c(N)ncnn23)cc1C(=O)Nc1cn(CC(C)(C)O)cn1. The lowest BCUT2D eigenvalue weighted by Crippen LogP contribution is -2.25. The minimum atomic E-state index is -0.908. The van der Waals surface area contributed by atoms with Crippen LogP contribution in [0.25, 0.3) is 16.8 Å². The topological polar surface area (TPSA) is 145 Å². The monoisotopic (exact) mass is 436 g/mol. The summed E-state index contributed by atoms with van der Waals surface area (Å²) in [6, 6.07) is 3.58. The Balaban J connectivity index is 1.68. The molecule has 0 aromatic carbocycles. The Kier molecular flexibility index (Phi) is 5.26. The molecule has 4 heterocycles. The highest BCUT2D eigenvalue weighted by Gasteiger charge is 2.20. The van der Waals surface area contributed by atoms with Crippen molar-refractivity contribution in [3.8, 4) is 17.1 Å². The predicted octanol–water partition coefficient (Wildman–Crippen LogP) is 1.91. The Bertz CT molecular complexity index is 1300. The first-order valence-electron chi connectivity index (χ1n) is 9.85. The Labute approximate surface area is 183 Å². The number of hydrogen-bond donors (Lipinski definition) is 3. The number of nitrogens with one attached hydrogen (secondary N) is 1. The zero-order valence-corrected chi connectivity index (χ0v) is 18.2. The summed E-state index contributed by atoms with van der Waals surface area (Å²) < 4.78 is 8.66. The van der Waals surface area contributed by atoms with Crippen LogP contribution in [0.1, 0.15) is 29.8 Å². The third kappa shape index (κ3) is 4.10. The van der Waals surface area contributed by atoms with Crippen molar-refractivity contribution in [2.24, 2.45) is 0 Å². The number of imidazole rings is 1. The van der Waals surface area contributed by atoms with Gasteiger partial charge in [0, 0.05) is 18.0 Å². The van der Waals surface area contributed by atoms with Crippen LogP contribution in [0.2, 0.25) is 0 Å². The van der Waals surface area contributed by atoms with E-state index in [0.29, 0.717) is 35.0 Å². The molecule has 0 saturated carbocycles. The van der Waals surface area contributed by atoms with Crippen LogP contribution in [0.15, 0.2) is 37.2 Å². The van der Waals surface area contributed by atoms with Crippen molar-refractivity contribution in [2.45, 2.75) is 32.9 Å². The van der Waals surface area contributed by atoms with Gasteiger partial charge in [-0.25, -0.2) is 19.5 Å². The highest BCUT2D eigenvalue weighted by Crippen LogP contribution is 2.29. The minimum absolute atomic E-state index is 0.175. The van der Waals surface area contributed by atoms with Gasteiger partial charge in [-0.15, -0.1) is 0 Å². The van der Waals surface area contributed by atoms with Crippen LogP contribution in [0, 0.1) is 6.92 Å². The molecular formula is C21H24N8O3. The molecule has 0 aliphatic rings. The highest BCUT2D eigenvalue weighted by atomic mass is 16.5. The molecule has 1 amide bonds. The number of rotatable bonds is 6. The number of nitrogens with zero attached hydrogens (tertiary/aromatic N) is 6. The molecule has 11 heteroatoms. The maximum absolute atomic E-state index is 13.0. The van der Waals surface area contributed by atoms with E-state index in [2.05, 4.69) is 25.4 Å². The standard InChI is InChI=1S/C21H24N8O3/c1-12-5-15(29-17(12)18(22)24-10-26-29)13-6-14(20(32-4)23-7-13)19(30)27-16-8-28(11-25-16)9-21(2,3)31/h5-8,10-11,31H,9H2,1-4H3,(H,27,30)(H2,22,24,26). The van der Waals surface area contributed by atoms with Gasteiger partial charge < -0.3 is 25.5 Å². The molecule has 0 saturated heterocycles.